The zero-order valence-corrected chi connectivity index (χ0v) is 13.5. The van der Waals surface area contributed by atoms with Gasteiger partial charge in [0, 0.05) is 13.6 Å². The summed E-state index contributed by atoms with van der Waals surface area (Å²) in [5, 5.41) is 2.78. The first-order valence-electron chi connectivity index (χ1n) is 8.11. The number of hydrogen-bond acceptors (Lipinski definition) is 4. The van der Waals surface area contributed by atoms with E-state index in [1.807, 2.05) is 36.4 Å². The lowest BCUT2D eigenvalue weighted by Gasteiger charge is -2.34. The van der Waals surface area contributed by atoms with Crippen LogP contribution in [-0.4, -0.2) is 28.9 Å². The second kappa shape index (κ2) is 6.09. The molecule has 24 heavy (non-hydrogen) atoms. The number of nitrogens with one attached hydrogen (secondary N) is 1. The zero-order chi connectivity index (χ0) is 16.5. The Morgan fingerprint density at radius 1 is 1.21 bits per heavy atom. The number of fused-ring (bicyclic) bond motifs is 2. The normalized spacial score (nSPS) is 17.6. The third-order valence-corrected chi connectivity index (χ3v) is 4.57. The number of nitrogens with zero attached hydrogens (tertiary/aromatic N) is 2. The van der Waals surface area contributed by atoms with Crippen LogP contribution >= 0.6 is 0 Å². The molecule has 1 aliphatic heterocycles. The standard InChI is InChI=1S/C19H19N3O2/c1-20-19(23)16-10-13-6-2-3-7-14(13)11-22(16)12-18-21-15-8-4-5-9-17(15)24-18/h2-9,16H,10-12H2,1H3,(H,20,23). The number of benzene rings is 2. The summed E-state index contributed by atoms with van der Waals surface area (Å²) in [6, 6.07) is 15.8. The molecule has 5 heteroatoms. The van der Waals surface area contributed by atoms with E-state index in [1.165, 1.54) is 11.1 Å². The third-order valence-electron chi connectivity index (χ3n) is 4.57. The number of oxazole rings is 1. The van der Waals surface area contributed by atoms with Crippen molar-refractivity contribution in [3.05, 3.63) is 65.5 Å². The molecule has 0 saturated carbocycles. The van der Waals surface area contributed by atoms with Crippen LogP contribution in [0.5, 0.6) is 0 Å². The van der Waals surface area contributed by atoms with Crippen LogP contribution in [0.2, 0.25) is 0 Å². The third kappa shape index (κ3) is 2.67. The van der Waals surface area contributed by atoms with Gasteiger partial charge in [-0.05, 0) is 29.7 Å². The minimum absolute atomic E-state index is 0.0283. The number of para-hydroxylation sites is 2. The monoisotopic (exact) mass is 321 g/mol. The van der Waals surface area contributed by atoms with Gasteiger partial charge < -0.3 is 9.73 Å². The van der Waals surface area contributed by atoms with Gasteiger partial charge in [0.05, 0.1) is 12.6 Å². The molecule has 0 spiro atoms. The fourth-order valence-electron chi connectivity index (χ4n) is 3.33. The summed E-state index contributed by atoms with van der Waals surface area (Å²) < 4.78 is 5.84. The van der Waals surface area contributed by atoms with Gasteiger partial charge in [-0.25, -0.2) is 4.98 Å². The van der Waals surface area contributed by atoms with Gasteiger partial charge >= 0.3 is 0 Å². The van der Waals surface area contributed by atoms with Gasteiger partial charge in [-0.1, -0.05) is 36.4 Å². The van der Waals surface area contributed by atoms with E-state index < -0.39 is 0 Å². The average Bonchev–Trinajstić information content (AvgIpc) is 3.02. The number of amides is 1. The van der Waals surface area contributed by atoms with Crippen LogP contribution in [0.15, 0.2) is 52.9 Å². The van der Waals surface area contributed by atoms with Crippen molar-refractivity contribution in [3.63, 3.8) is 0 Å². The van der Waals surface area contributed by atoms with Crippen molar-refractivity contribution in [3.8, 4) is 0 Å². The lowest BCUT2D eigenvalue weighted by atomic mass is 9.93. The van der Waals surface area contributed by atoms with Crippen LogP contribution in [-0.2, 0) is 24.3 Å². The summed E-state index contributed by atoms with van der Waals surface area (Å²) >= 11 is 0. The van der Waals surface area contributed by atoms with Crippen molar-refractivity contribution in [1.82, 2.24) is 15.2 Å². The van der Waals surface area contributed by atoms with Crippen LogP contribution < -0.4 is 5.32 Å². The molecule has 0 bridgehead atoms. The van der Waals surface area contributed by atoms with E-state index in [4.69, 9.17) is 4.42 Å². The van der Waals surface area contributed by atoms with Crippen LogP contribution in [0.4, 0.5) is 0 Å². The maximum absolute atomic E-state index is 12.3. The number of carbonyl (C=O) groups excluding carboxylic acids is 1. The van der Waals surface area contributed by atoms with Gasteiger partial charge in [0.1, 0.15) is 5.52 Å². The largest absolute Gasteiger partial charge is 0.439 e. The van der Waals surface area contributed by atoms with Gasteiger partial charge in [-0.3, -0.25) is 9.69 Å². The molecule has 2 heterocycles. The van der Waals surface area contributed by atoms with Crippen LogP contribution in [0.1, 0.15) is 17.0 Å². The number of rotatable bonds is 3. The summed E-state index contributed by atoms with van der Waals surface area (Å²) in [4.78, 5) is 19.0. The van der Waals surface area contributed by atoms with Gasteiger partial charge in [-0.2, -0.15) is 0 Å². The van der Waals surface area contributed by atoms with Gasteiger partial charge in [0.25, 0.3) is 0 Å². The first kappa shape index (κ1) is 14.9. The number of hydrogen-bond donors (Lipinski definition) is 1. The molecule has 1 atom stereocenters. The Hall–Kier alpha value is -2.66. The van der Waals surface area contributed by atoms with E-state index in [1.54, 1.807) is 7.05 Å². The lowest BCUT2D eigenvalue weighted by Crippen LogP contribution is -2.49. The molecule has 0 fully saturated rings. The Labute approximate surface area is 140 Å². The SMILES string of the molecule is CNC(=O)C1Cc2ccccc2CN1Cc1nc2ccccc2o1. The van der Waals surface area contributed by atoms with Crippen molar-refractivity contribution in [2.24, 2.45) is 0 Å². The fraction of sp³-hybridized carbons (Fsp3) is 0.263. The van der Waals surface area contributed by atoms with Crippen molar-refractivity contribution in [1.29, 1.82) is 0 Å². The second-order valence-electron chi connectivity index (χ2n) is 6.08. The van der Waals surface area contributed by atoms with Crippen molar-refractivity contribution >= 4 is 17.0 Å². The molecule has 1 N–H and O–H groups in total. The average molecular weight is 321 g/mol. The molecule has 1 aliphatic rings. The first-order chi connectivity index (χ1) is 11.7. The second-order valence-corrected chi connectivity index (χ2v) is 6.08. The summed E-state index contributed by atoms with van der Waals surface area (Å²) in [5.41, 5.74) is 4.12. The molecule has 122 valence electrons. The number of likely N-dealkylation sites (N-methyl/N-ethyl adjacent to an activating group) is 1. The number of carbonyl (C=O) groups is 1. The van der Waals surface area contributed by atoms with E-state index in [2.05, 4.69) is 27.3 Å². The molecule has 0 radical (unpaired) electrons. The van der Waals surface area contributed by atoms with E-state index in [0.717, 1.165) is 11.1 Å². The smallest absolute Gasteiger partial charge is 0.237 e. The minimum Gasteiger partial charge on any atom is -0.439 e. The van der Waals surface area contributed by atoms with E-state index in [9.17, 15) is 4.79 Å². The van der Waals surface area contributed by atoms with Gasteiger partial charge in [0.15, 0.2) is 5.58 Å². The van der Waals surface area contributed by atoms with Crippen LogP contribution in [0.3, 0.4) is 0 Å². The molecule has 1 aromatic heterocycles. The molecule has 1 amide bonds. The Kier molecular flexibility index (Phi) is 3.78. The predicted octanol–water partition coefficient (Wildman–Crippen LogP) is 2.50. The highest BCUT2D eigenvalue weighted by Crippen LogP contribution is 2.26. The summed E-state index contributed by atoms with van der Waals surface area (Å²) in [6.45, 7) is 1.23. The molecule has 1 unspecified atom stereocenters. The molecule has 2 aromatic carbocycles. The van der Waals surface area contributed by atoms with E-state index in [-0.39, 0.29) is 11.9 Å². The summed E-state index contributed by atoms with van der Waals surface area (Å²) in [6.07, 6.45) is 0.704. The Balaban J connectivity index is 1.64. The molecule has 0 aliphatic carbocycles. The predicted molar refractivity (Wildman–Crippen MR) is 91.3 cm³/mol. The fourth-order valence-corrected chi connectivity index (χ4v) is 3.33. The van der Waals surface area contributed by atoms with Gasteiger partial charge in [-0.15, -0.1) is 0 Å². The first-order valence-corrected chi connectivity index (χ1v) is 8.11. The summed E-state index contributed by atoms with van der Waals surface area (Å²) in [7, 11) is 1.68. The van der Waals surface area contributed by atoms with Crippen molar-refractivity contribution in [2.75, 3.05) is 7.05 Å². The van der Waals surface area contributed by atoms with Crippen LogP contribution in [0, 0.1) is 0 Å². The maximum atomic E-state index is 12.3. The lowest BCUT2D eigenvalue weighted by molar-refractivity contribution is -0.126. The topological polar surface area (TPSA) is 58.4 Å². The zero-order valence-electron chi connectivity index (χ0n) is 13.5. The molecule has 3 aromatic rings. The minimum atomic E-state index is -0.208. The van der Waals surface area contributed by atoms with E-state index in [0.29, 0.717) is 25.4 Å². The quantitative estimate of drug-likeness (QED) is 0.805. The highest BCUT2D eigenvalue weighted by atomic mass is 16.3. The van der Waals surface area contributed by atoms with Crippen molar-refractivity contribution in [2.45, 2.75) is 25.6 Å². The Morgan fingerprint density at radius 3 is 2.75 bits per heavy atom. The maximum Gasteiger partial charge on any atom is 0.237 e. The molecule has 4 rings (SSSR count). The highest BCUT2D eigenvalue weighted by molar-refractivity contribution is 5.82. The Morgan fingerprint density at radius 2 is 1.96 bits per heavy atom. The Bertz CT molecular complexity index is 854. The van der Waals surface area contributed by atoms with Crippen LogP contribution in [0.25, 0.3) is 11.1 Å². The molecular weight excluding hydrogens is 302 g/mol. The highest BCUT2D eigenvalue weighted by Gasteiger charge is 2.31. The number of aromatic nitrogens is 1. The van der Waals surface area contributed by atoms with Crippen molar-refractivity contribution < 1.29 is 9.21 Å². The molecular formula is C19H19N3O2. The summed E-state index contributed by atoms with van der Waals surface area (Å²) in [5.74, 6) is 0.671. The molecule has 0 saturated heterocycles. The van der Waals surface area contributed by atoms with Gasteiger partial charge in [0.2, 0.25) is 11.8 Å². The van der Waals surface area contributed by atoms with E-state index >= 15 is 0 Å². The molecule has 5 nitrogen and oxygen atoms in total.